The molecular weight excluding hydrogens is 258 g/mol. The van der Waals surface area contributed by atoms with Crippen LogP contribution in [0, 0.1) is 0 Å². The molecule has 0 radical (unpaired) electrons. The standard InChI is InChI=1S/C10H10BrN3O/c1-15-10-7-12-14(13-10)9-4-2-8(6-11)3-5-9/h2-5,7H,6H2,1H3. The zero-order chi connectivity index (χ0) is 10.7. The van der Waals surface area contributed by atoms with Crippen molar-refractivity contribution in [3.8, 4) is 11.6 Å². The summed E-state index contributed by atoms with van der Waals surface area (Å²) in [5.41, 5.74) is 2.14. The van der Waals surface area contributed by atoms with Gasteiger partial charge in [-0.3, -0.25) is 0 Å². The van der Waals surface area contributed by atoms with Crippen LogP contribution in [0.15, 0.2) is 30.5 Å². The van der Waals surface area contributed by atoms with Gasteiger partial charge in [0.1, 0.15) is 6.20 Å². The summed E-state index contributed by atoms with van der Waals surface area (Å²) in [4.78, 5) is 1.54. The number of aromatic nitrogens is 3. The van der Waals surface area contributed by atoms with E-state index in [-0.39, 0.29) is 0 Å². The molecule has 0 aliphatic heterocycles. The molecule has 0 fully saturated rings. The summed E-state index contributed by atoms with van der Waals surface area (Å²) >= 11 is 3.40. The molecule has 4 nitrogen and oxygen atoms in total. The summed E-state index contributed by atoms with van der Waals surface area (Å²) in [6, 6.07) is 7.99. The number of benzene rings is 1. The van der Waals surface area contributed by atoms with E-state index in [0.717, 1.165) is 11.0 Å². The van der Waals surface area contributed by atoms with Gasteiger partial charge in [0.15, 0.2) is 0 Å². The quantitative estimate of drug-likeness (QED) is 0.801. The monoisotopic (exact) mass is 267 g/mol. The second kappa shape index (κ2) is 4.44. The highest BCUT2D eigenvalue weighted by atomic mass is 79.9. The van der Waals surface area contributed by atoms with E-state index in [4.69, 9.17) is 4.74 Å². The Balaban J connectivity index is 2.28. The van der Waals surface area contributed by atoms with Gasteiger partial charge in [-0.15, -0.1) is 9.90 Å². The van der Waals surface area contributed by atoms with E-state index < -0.39 is 0 Å². The minimum absolute atomic E-state index is 0.513. The van der Waals surface area contributed by atoms with Crippen molar-refractivity contribution in [3.63, 3.8) is 0 Å². The predicted molar refractivity (Wildman–Crippen MR) is 60.5 cm³/mol. The van der Waals surface area contributed by atoms with Crippen molar-refractivity contribution in [3.05, 3.63) is 36.0 Å². The van der Waals surface area contributed by atoms with Crippen LogP contribution in [0.5, 0.6) is 5.88 Å². The van der Waals surface area contributed by atoms with E-state index in [0.29, 0.717) is 5.88 Å². The van der Waals surface area contributed by atoms with Gasteiger partial charge in [0.05, 0.1) is 12.8 Å². The second-order valence-corrected chi connectivity index (χ2v) is 3.54. The lowest BCUT2D eigenvalue weighted by molar-refractivity contribution is 0.394. The molecule has 1 heterocycles. The van der Waals surface area contributed by atoms with Crippen LogP contribution in [-0.2, 0) is 5.33 Å². The van der Waals surface area contributed by atoms with Crippen molar-refractivity contribution in [2.45, 2.75) is 5.33 Å². The van der Waals surface area contributed by atoms with Crippen LogP contribution in [-0.4, -0.2) is 22.1 Å². The third-order valence-electron chi connectivity index (χ3n) is 2.00. The van der Waals surface area contributed by atoms with Crippen LogP contribution in [0.4, 0.5) is 0 Å². The lowest BCUT2D eigenvalue weighted by Gasteiger charge is -2.00. The zero-order valence-electron chi connectivity index (χ0n) is 8.22. The molecule has 0 N–H and O–H groups in total. The minimum Gasteiger partial charge on any atom is -0.479 e. The van der Waals surface area contributed by atoms with Crippen molar-refractivity contribution in [1.29, 1.82) is 0 Å². The highest BCUT2D eigenvalue weighted by molar-refractivity contribution is 9.08. The molecule has 0 atom stereocenters. The van der Waals surface area contributed by atoms with Crippen LogP contribution in [0.25, 0.3) is 5.69 Å². The second-order valence-electron chi connectivity index (χ2n) is 2.98. The van der Waals surface area contributed by atoms with Crippen LogP contribution < -0.4 is 4.74 Å². The van der Waals surface area contributed by atoms with Gasteiger partial charge in [0, 0.05) is 5.33 Å². The number of hydrogen-bond acceptors (Lipinski definition) is 3. The summed E-state index contributed by atoms with van der Waals surface area (Å²) in [7, 11) is 1.57. The molecule has 0 amide bonds. The fraction of sp³-hybridized carbons (Fsp3) is 0.200. The molecule has 0 spiro atoms. The average molecular weight is 268 g/mol. The van der Waals surface area contributed by atoms with Gasteiger partial charge >= 0.3 is 0 Å². The van der Waals surface area contributed by atoms with Crippen LogP contribution in [0.2, 0.25) is 0 Å². The third-order valence-corrected chi connectivity index (χ3v) is 2.65. The Morgan fingerprint density at radius 3 is 2.60 bits per heavy atom. The first-order valence-electron chi connectivity index (χ1n) is 4.45. The van der Waals surface area contributed by atoms with E-state index in [9.17, 15) is 0 Å². The molecule has 0 unspecified atom stereocenters. The first-order valence-corrected chi connectivity index (χ1v) is 5.57. The highest BCUT2D eigenvalue weighted by Gasteiger charge is 2.01. The molecule has 0 aliphatic rings. The first kappa shape index (κ1) is 10.2. The van der Waals surface area contributed by atoms with Crippen LogP contribution in [0.1, 0.15) is 5.56 Å². The number of alkyl halides is 1. The van der Waals surface area contributed by atoms with E-state index >= 15 is 0 Å². The van der Waals surface area contributed by atoms with Crippen molar-refractivity contribution in [2.24, 2.45) is 0 Å². The molecule has 0 aliphatic carbocycles. The van der Waals surface area contributed by atoms with Crippen LogP contribution >= 0.6 is 15.9 Å². The Bertz CT molecular complexity index is 438. The Morgan fingerprint density at radius 1 is 1.33 bits per heavy atom. The molecule has 1 aromatic heterocycles. The normalized spacial score (nSPS) is 10.3. The zero-order valence-corrected chi connectivity index (χ0v) is 9.81. The number of methoxy groups -OCH3 is 1. The average Bonchev–Trinajstić information content (AvgIpc) is 2.78. The lowest BCUT2D eigenvalue weighted by Crippen LogP contribution is -1.98. The molecule has 5 heteroatoms. The van der Waals surface area contributed by atoms with Crippen molar-refractivity contribution in [1.82, 2.24) is 15.0 Å². The maximum absolute atomic E-state index is 4.96. The van der Waals surface area contributed by atoms with Gasteiger partial charge in [-0.25, -0.2) is 0 Å². The summed E-state index contributed by atoms with van der Waals surface area (Å²) in [6.45, 7) is 0. The van der Waals surface area contributed by atoms with E-state index in [1.54, 1.807) is 13.3 Å². The summed E-state index contributed by atoms with van der Waals surface area (Å²) in [6.07, 6.45) is 1.58. The van der Waals surface area contributed by atoms with Gasteiger partial charge < -0.3 is 4.74 Å². The molecule has 0 bridgehead atoms. The maximum atomic E-state index is 4.96. The fourth-order valence-electron chi connectivity index (χ4n) is 1.19. The number of hydrogen-bond donors (Lipinski definition) is 0. The number of rotatable bonds is 3. The molecule has 2 aromatic rings. The molecule has 2 rings (SSSR count). The van der Waals surface area contributed by atoms with E-state index in [1.807, 2.05) is 24.3 Å². The molecular formula is C10H10BrN3O. The van der Waals surface area contributed by atoms with Gasteiger partial charge in [0.2, 0.25) is 0 Å². The summed E-state index contributed by atoms with van der Waals surface area (Å²) in [5, 5.41) is 9.06. The Kier molecular flexibility index (Phi) is 3.01. The van der Waals surface area contributed by atoms with Gasteiger partial charge in [-0.05, 0) is 17.7 Å². The van der Waals surface area contributed by atoms with Crippen molar-refractivity contribution < 1.29 is 4.74 Å². The largest absolute Gasteiger partial charge is 0.479 e. The molecule has 78 valence electrons. The predicted octanol–water partition coefficient (Wildman–Crippen LogP) is 2.17. The third kappa shape index (κ3) is 2.18. The minimum atomic E-state index is 0.513. The lowest BCUT2D eigenvalue weighted by atomic mass is 10.2. The van der Waals surface area contributed by atoms with Gasteiger partial charge in [-0.2, -0.15) is 5.10 Å². The molecule has 1 aromatic carbocycles. The molecule has 0 saturated heterocycles. The molecule has 0 saturated carbocycles. The summed E-state index contributed by atoms with van der Waals surface area (Å²) < 4.78 is 4.96. The smallest absolute Gasteiger partial charge is 0.253 e. The summed E-state index contributed by atoms with van der Waals surface area (Å²) in [5.74, 6) is 0.513. The van der Waals surface area contributed by atoms with Gasteiger partial charge in [0.25, 0.3) is 5.88 Å². The maximum Gasteiger partial charge on any atom is 0.253 e. The van der Waals surface area contributed by atoms with Crippen molar-refractivity contribution in [2.75, 3.05) is 7.11 Å². The highest BCUT2D eigenvalue weighted by Crippen LogP contribution is 2.11. The fourth-order valence-corrected chi connectivity index (χ4v) is 1.56. The topological polar surface area (TPSA) is 39.9 Å². The van der Waals surface area contributed by atoms with Crippen molar-refractivity contribution >= 4 is 15.9 Å². The number of ether oxygens (including phenoxy) is 1. The Labute approximate surface area is 96.0 Å². The Morgan fingerprint density at radius 2 is 2.07 bits per heavy atom. The molecule has 15 heavy (non-hydrogen) atoms. The van der Waals surface area contributed by atoms with E-state index in [2.05, 4.69) is 26.1 Å². The van der Waals surface area contributed by atoms with Gasteiger partial charge in [-0.1, -0.05) is 28.1 Å². The SMILES string of the molecule is COc1cnn(-c2ccc(CBr)cc2)n1. The first-order chi connectivity index (χ1) is 7.33. The number of nitrogens with zero attached hydrogens (tertiary/aromatic N) is 3. The number of halogens is 1. The van der Waals surface area contributed by atoms with Crippen LogP contribution in [0.3, 0.4) is 0 Å². The van der Waals surface area contributed by atoms with E-state index in [1.165, 1.54) is 10.4 Å². The Hall–Kier alpha value is -1.36.